The van der Waals surface area contributed by atoms with Gasteiger partial charge in [-0.1, -0.05) is 68.3 Å². The van der Waals surface area contributed by atoms with Crippen molar-refractivity contribution in [1.29, 1.82) is 0 Å². The van der Waals surface area contributed by atoms with Crippen LogP contribution in [0.1, 0.15) is 11.4 Å². The number of aromatic nitrogens is 2. The van der Waals surface area contributed by atoms with Gasteiger partial charge in [-0.25, -0.2) is 0 Å². The summed E-state index contributed by atoms with van der Waals surface area (Å²) in [6.45, 7) is 0.715. The number of pyridine rings is 2. The highest BCUT2D eigenvalue weighted by Crippen LogP contribution is 2.46. The third kappa shape index (κ3) is 5.15. The fourth-order valence-electron chi connectivity index (χ4n) is 4.59. The lowest BCUT2D eigenvalue weighted by atomic mass is 9.92. The van der Waals surface area contributed by atoms with Gasteiger partial charge in [0.2, 0.25) is 0 Å². The minimum Gasteiger partial charge on any atom is -0.487 e. The first-order valence-electron chi connectivity index (χ1n) is 12.2. The lowest BCUT2D eigenvalue weighted by Crippen LogP contribution is -2.02. The van der Waals surface area contributed by atoms with E-state index in [1.807, 2.05) is 48.5 Å². The van der Waals surface area contributed by atoms with Crippen LogP contribution >= 0.6 is 31.9 Å². The Morgan fingerprint density at radius 2 is 1.00 bits per heavy atom. The van der Waals surface area contributed by atoms with Crippen molar-refractivity contribution < 1.29 is 9.47 Å². The molecule has 38 heavy (non-hydrogen) atoms. The molecule has 4 nitrogen and oxygen atoms in total. The second-order valence-electron chi connectivity index (χ2n) is 8.83. The van der Waals surface area contributed by atoms with Crippen LogP contribution in [-0.2, 0) is 13.2 Å². The number of nitrogens with zero attached hydrogens (tertiary/aromatic N) is 2. The Hall–Kier alpha value is -3.74. The Labute approximate surface area is 237 Å². The first-order valence-corrected chi connectivity index (χ1v) is 13.7. The molecule has 0 saturated heterocycles. The molecule has 0 unspecified atom stereocenters. The molecule has 0 aliphatic carbocycles. The van der Waals surface area contributed by atoms with Crippen LogP contribution in [0.15, 0.2) is 118 Å². The summed E-state index contributed by atoms with van der Waals surface area (Å²) < 4.78 is 14.9. The van der Waals surface area contributed by atoms with Gasteiger partial charge in [0.15, 0.2) is 0 Å². The van der Waals surface area contributed by atoms with E-state index >= 15 is 0 Å². The fourth-order valence-corrected chi connectivity index (χ4v) is 5.35. The molecule has 0 saturated carbocycles. The molecule has 2 aromatic heterocycles. The van der Waals surface area contributed by atoms with E-state index in [-0.39, 0.29) is 0 Å². The number of halogens is 2. The molecule has 0 spiro atoms. The quantitative estimate of drug-likeness (QED) is 0.177. The van der Waals surface area contributed by atoms with Crippen molar-refractivity contribution in [1.82, 2.24) is 9.97 Å². The molecular formula is C32H22Br2N2O2. The lowest BCUT2D eigenvalue weighted by molar-refractivity contribution is 0.298. The molecule has 0 N–H and O–H groups in total. The van der Waals surface area contributed by atoms with E-state index in [2.05, 4.69) is 90.4 Å². The summed E-state index contributed by atoms with van der Waals surface area (Å²) in [5.74, 6) is 1.53. The number of hydrogen-bond acceptors (Lipinski definition) is 4. The maximum atomic E-state index is 6.46. The topological polar surface area (TPSA) is 44.2 Å². The van der Waals surface area contributed by atoms with Gasteiger partial charge in [-0.2, -0.15) is 0 Å². The zero-order chi connectivity index (χ0) is 25.9. The van der Waals surface area contributed by atoms with Gasteiger partial charge in [0, 0.05) is 32.5 Å². The third-order valence-electron chi connectivity index (χ3n) is 6.34. The lowest BCUT2D eigenvalue weighted by Gasteiger charge is -2.20. The zero-order valence-corrected chi connectivity index (χ0v) is 23.4. The molecular weight excluding hydrogens is 604 g/mol. The molecule has 0 fully saturated rings. The smallest absolute Gasteiger partial charge is 0.130 e. The number of fused-ring (bicyclic) bond motifs is 2. The molecule has 0 radical (unpaired) electrons. The third-order valence-corrected chi connectivity index (χ3v) is 7.33. The molecule has 0 atom stereocenters. The van der Waals surface area contributed by atoms with Crippen LogP contribution in [0.2, 0.25) is 0 Å². The Kier molecular flexibility index (Phi) is 7.08. The van der Waals surface area contributed by atoms with Gasteiger partial charge in [0.1, 0.15) is 24.7 Å². The van der Waals surface area contributed by atoms with E-state index in [0.717, 1.165) is 64.5 Å². The fraction of sp³-hybridized carbons (Fsp3) is 0.0625. The maximum Gasteiger partial charge on any atom is 0.130 e. The minimum absolute atomic E-state index is 0.357. The molecule has 0 aliphatic heterocycles. The summed E-state index contributed by atoms with van der Waals surface area (Å²) in [6.07, 6.45) is 3.56. The van der Waals surface area contributed by atoms with Gasteiger partial charge in [-0.15, -0.1) is 0 Å². The molecule has 0 bridgehead atoms. The highest BCUT2D eigenvalue weighted by molar-refractivity contribution is 9.10. The molecule has 2 heterocycles. The number of benzene rings is 4. The van der Waals surface area contributed by atoms with Crippen molar-refractivity contribution in [3.63, 3.8) is 0 Å². The monoisotopic (exact) mass is 624 g/mol. The molecule has 4 aromatic carbocycles. The minimum atomic E-state index is 0.357. The second kappa shape index (κ2) is 10.9. The number of hydrogen-bond donors (Lipinski definition) is 0. The van der Waals surface area contributed by atoms with Gasteiger partial charge < -0.3 is 9.47 Å². The van der Waals surface area contributed by atoms with Gasteiger partial charge >= 0.3 is 0 Å². The van der Waals surface area contributed by atoms with Crippen molar-refractivity contribution >= 4 is 53.4 Å². The van der Waals surface area contributed by atoms with Gasteiger partial charge in [0.25, 0.3) is 0 Å². The normalized spacial score (nSPS) is 11.1. The summed E-state index contributed by atoms with van der Waals surface area (Å²) in [5, 5.41) is 4.35. The van der Waals surface area contributed by atoms with Crippen molar-refractivity contribution in [2.45, 2.75) is 13.2 Å². The van der Waals surface area contributed by atoms with E-state index in [9.17, 15) is 0 Å². The first kappa shape index (κ1) is 24.6. The van der Waals surface area contributed by atoms with E-state index < -0.39 is 0 Å². The summed E-state index contributed by atoms with van der Waals surface area (Å²) in [6, 6.07) is 32.6. The Bertz CT molecular complexity index is 1610. The van der Waals surface area contributed by atoms with Crippen molar-refractivity contribution in [3.05, 3.63) is 130 Å². The summed E-state index contributed by atoms with van der Waals surface area (Å²) in [5.41, 5.74) is 3.69. The van der Waals surface area contributed by atoms with E-state index in [0.29, 0.717) is 13.2 Å². The zero-order valence-electron chi connectivity index (χ0n) is 20.3. The molecule has 6 aromatic rings. The van der Waals surface area contributed by atoms with Crippen molar-refractivity contribution in [2.75, 3.05) is 0 Å². The SMILES string of the molecule is Brc1ccc2c(-c3c(OCc4ccccn4)ccc4cc(Br)ccc34)c(OCc3ccccn3)ccc2c1. The average Bonchev–Trinajstić information content (AvgIpc) is 2.95. The van der Waals surface area contributed by atoms with Crippen LogP contribution in [0.3, 0.4) is 0 Å². The van der Waals surface area contributed by atoms with Crippen LogP contribution < -0.4 is 9.47 Å². The molecule has 6 rings (SSSR count). The Morgan fingerprint density at radius 3 is 1.42 bits per heavy atom. The van der Waals surface area contributed by atoms with Crippen molar-refractivity contribution in [3.8, 4) is 22.6 Å². The highest BCUT2D eigenvalue weighted by Gasteiger charge is 2.20. The molecule has 0 amide bonds. The standard InChI is InChI=1S/C32H22Br2N2O2/c33-23-9-11-27-21(17-23)7-13-29(37-19-25-5-1-3-15-35-25)31(27)32-28-12-10-24(34)18-22(28)8-14-30(32)38-20-26-6-2-4-16-36-26/h1-18H,19-20H2. The van der Waals surface area contributed by atoms with Crippen LogP contribution in [0.4, 0.5) is 0 Å². The van der Waals surface area contributed by atoms with Crippen LogP contribution in [0.5, 0.6) is 11.5 Å². The number of ether oxygens (including phenoxy) is 2. The van der Waals surface area contributed by atoms with Crippen LogP contribution in [-0.4, -0.2) is 9.97 Å². The van der Waals surface area contributed by atoms with Crippen molar-refractivity contribution in [2.24, 2.45) is 0 Å². The Morgan fingerprint density at radius 1 is 0.526 bits per heavy atom. The number of rotatable bonds is 7. The molecule has 0 aliphatic rings. The largest absolute Gasteiger partial charge is 0.487 e. The van der Waals surface area contributed by atoms with Gasteiger partial charge in [-0.3, -0.25) is 9.97 Å². The Balaban J connectivity index is 1.56. The van der Waals surface area contributed by atoms with Crippen LogP contribution in [0.25, 0.3) is 32.7 Å². The predicted octanol–water partition coefficient (Wildman–Crippen LogP) is 9.13. The average molecular weight is 626 g/mol. The first-order chi connectivity index (χ1) is 18.7. The maximum absolute atomic E-state index is 6.46. The molecule has 186 valence electrons. The summed E-state index contributed by atoms with van der Waals surface area (Å²) >= 11 is 7.26. The molecule has 6 heteroatoms. The van der Waals surface area contributed by atoms with E-state index in [4.69, 9.17) is 9.47 Å². The summed E-state index contributed by atoms with van der Waals surface area (Å²) in [4.78, 5) is 8.88. The van der Waals surface area contributed by atoms with E-state index in [1.165, 1.54) is 0 Å². The van der Waals surface area contributed by atoms with Crippen LogP contribution in [0, 0.1) is 0 Å². The van der Waals surface area contributed by atoms with Gasteiger partial charge in [0.05, 0.1) is 11.4 Å². The van der Waals surface area contributed by atoms with E-state index in [1.54, 1.807) is 12.4 Å². The predicted molar refractivity (Wildman–Crippen MR) is 159 cm³/mol. The highest BCUT2D eigenvalue weighted by atomic mass is 79.9. The summed E-state index contributed by atoms with van der Waals surface area (Å²) in [7, 11) is 0. The van der Waals surface area contributed by atoms with Gasteiger partial charge in [-0.05, 0) is 82.2 Å². The second-order valence-corrected chi connectivity index (χ2v) is 10.7.